The average molecular weight is 432 g/mol. The standard InChI is InChI=1S/C14H18O4.C12H23N/c1-14(16,11-7-3-2-4-8-11)13(15)18-12-9-5-6-10-17-12;1-3-7-11(8-4-1)13-12-9-5-2-6-10-12/h2-4,7-8,12,16H,5-6,9-10H2,1H3;11-13H,1-10H2. The molecule has 2 saturated carbocycles. The van der Waals surface area contributed by atoms with Crippen LogP contribution in [0.15, 0.2) is 30.3 Å². The highest BCUT2D eigenvalue weighted by atomic mass is 16.7. The van der Waals surface area contributed by atoms with Crippen LogP contribution in [-0.4, -0.2) is 36.1 Å². The van der Waals surface area contributed by atoms with Gasteiger partial charge in [0, 0.05) is 18.5 Å². The molecule has 2 N–H and O–H groups in total. The summed E-state index contributed by atoms with van der Waals surface area (Å²) >= 11 is 0. The van der Waals surface area contributed by atoms with Gasteiger partial charge in [0.1, 0.15) is 0 Å². The maximum Gasteiger partial charge on any atom is 0.344 e. The molecule has 0 aromatic heterocycles. The summed E-state index contributed by atoms with van der Waals surface area (Å²) in [5, 5.41) is 14.1. The maximum absolute atomic E-state index is 12.0. The Kier molecular flexibility index (Phi) is 9.82. The highest BCUT2D eigenvalue weighted by Gasteiger charge is 2.36. The number of benzene rings is 1. The lowest BCUT2D eigenvalue weighted by atomic mass is 9.91. The molecule has 0 bridgehead atoms. The molecule has 4 rings (SSSR count). The van der Waals surface area contributed by atoms with E-state index in [1.165, 1.54) is 71.1 Å². The van der Waals surface area contributed by atoms with Gasteiger partial charge in [-0.25, -0.2) is 4.79 Å². The number of hydrogen-bond acceptors (Lipinski definition) is 5. The van der Waals surface area contributed by atoms with Crippen molar-refractivity contribution in [1.82, 2.24) is 5.32 Å². The van der Waals surface area contributed by atoms with Gasteiger partial charge in [-0.2, -0.15) is 0 Å². The fourth-order valence-corrected chi connectivity index (χ4v) is 4.79. The van der Waals surface area contributed by atoms with Crippen molar-refractivity contribution in [1.29, 1.82) is 0 Å². The van der Waals surface area contributed by atoms with Crippen molar-refractivity contribution in [2.75, 3.05) is 6.61 Å². The number of nitrogens with one attached hydrogen (secondary N) is 1. The molecule has 1 heterocycles. The van der Waals surface area contributed by atoms with E-state index in [1.54, 1.807) is 24.3 Å². The molecule has 31 heavy (non-hydrogen) atoms. The summed E-state index contributed by atoms with van der Waals surface area (Å²) < 4.78 is 10.5. The van der Waals surface area contributed by atoms with Crippen LogP contribution in [0.2, 0.25) is 0 Å². The summed E-state index contributed by atoms with van der Waals surface area (Å²) in [5.41, 5.74) is -1.12. The molecule has 2 unspecified atom stereocenters. The van der Waals surface area contributed by atoms with Gasteiger partial charge in [0.15, 0.2) is 5.60 Å². The maximum atomic E-state index is 12.0. The van der Waals surface area contributed by atoms with Crippen LogP contribution in [0.25, 0.3) is 0 Å². The van der Waals surface area contributed by atoms with E-state index in [4.69, 9.17) is 9.47 Å². The SMILES string of the molecule is C1CCC(NC2CCCCC2)CC1.CC(O)(C(=O)OC1CCCCO1)c1ccccc1. The zero-order valence-corrected chi connectivity index (χ0v) is 19.2. The minimum atomic E-state index is -1.64. The first-order valence-corrected chi connectivity index (χ1v) is 12.4. The minimum Gasteiger partial charge on any atom is -0.433 e. The van der Waals surface area contributed by atoms with E-state index < -0.39 is 17.9 Å². The summed E-state index contributed by atoms with van der Waals surface area (Å²) in [7, 11) is 0. The molecule has 1 saturated heterocycles. The van der Waals surface area contributed by atoms with Crippen LogP contribution >= 0.6 is 0 Å². The second-order valence-electron chi connectivity index (χ2n) is 9.48. The molecule has 3 aliphatic rings. The third kappa shape index (κ3) is 7.89. The Hall–Kier alpha value is -1.43. The van der Waals surface area contributed by atoms with E-state index in [2.05, 4.69) is 5.32 Å². The van der Waals surface area contributed by atoms with Crippen LogP contribution < -0.4 is 5.32 Å². The van der Waals surface area contributed by atoms with Gasteiger partial charge in [-0.15, -0.1) is 0 Å². The highest BCUT2D eigenvalue weighted by molar-refractivity contribution is 5.80. The number of carbonyl (C=O) groups excluding carboxylic acids is 1. The Morgan fingerprint density at radius 1 is 0.903 bits per heavy atom. The molecule has 1 aromatic rings. The van der Waals surface area contributed by atoms with Gasteiger partial charge in [-0.1, -0.05) is 68.9 Å². The second kappa shape index (κ2) is 12.6. The third-order valence-electron chi connectivity index (χ3n) is 6.79. The van der Waals surface area contributed by atoms with Gasteiger partial charge in [0.05, 0.1) is 6.61 Å². The van der Waals surface area contributed by atoms with Gasteiger partial charge in [-0.05, 0) is 51.0 Å². The van der Waals surface area contributed by atoms with Gasteiger partial charge in [-0.3, -0.25) is 0 Å². The number of esters is 1. The number of hydrogen-bond donors (Lipinski definition) is 2. The summed E-state index contributed by atoms with van der Waals surface area (Å²) in [4.78, 5) is 12.0. The average Bonchev–Trinajstić information content (AvgIpc) is 2.82. The molecule has 1 aromatic carbocycles. The van der Waals surface area contributed by atoms with E-state index in [-0.39, 0.29) is 0 Å². The van der Waals surface area contributed by atoms with E-state index in [0.29, 0.717) is 18.6 Å². The Labute approximate surface area is 187 Å². The predicted octanol–water partition coefficient (Wildman–Crippen LogP) is 5.21. The molecule has 2 atom stereocenters. The Morgan fingerprint density at radius 3 is 1.97 bits per heavy atom. The summed E-state index contributed by atoms with van der Waals surface area (Å²) in [6.45, 7) is 2.04. The zero-order valence-electron chi connectivity index (χ0n) is 19.2. The third-order valence-corrected chi connectivity index (χ3v) is 6.79. The minimum absolute atomic E-state index is 0.519. The monoisotopic (exact) mass is 431 g/mol. The Morgan fingerprint density at radius 2 is 1.45 bits per heavy atom. The van der Waals surface area contributed by atoms with Crippen molar-refractivity contribution < 1.29 is 19.4 Å². The van der Waals surface area contributed by atoms with Crippen LogP contribution in [0.1, 0.15) is 96.0 Å². The number of rotatable bonds is 5. The lowest BCUT2D eigenvalue weighted by molar-refractivity contribution is -0.204. The quantitative estimate of drug-likeness (QED) is 0.627. The largest absolute Gasteiger partial charge is 0.433 e. The van der Waals surface area contributed by atoms with Gasteiger partial charge in [0.2, 0.25) is 6.29 Å². The van der Waals surface area contributed by atoms with E-state index in [9.17, 15) is 9.90 Å². The molecule has 5 heteroatoms. The molecule has 3 fully saturated rings. The lowest BCUT2D eigenvalue weighted by Gasteiger charge is -2.30. The molecule has 0 radical (unpaired) electrons. The van der Waals surface area contributed by atoms with E-state index in [0.717, 1.165) is 24.9 Å². The fourth-order valence-electron chi connectivity index (χ4n) is 4.79. The number of carbonyl (C=O) groups is 1. The van der Waals surface area contributed by atoms with Crippen molar-refractivity contribution in [2.24, 2.45) is 0 Å². The molecule has 2 aliphatic carbocycles. The van der Waals surface area contributed by atoms with Crippen molar-refractivity contribution >= 4 is 5.97 Å². The smallest absolute Gasteiger partial charge is 0.344 e. The number of aliphatic hydroxyl groups is 1. The Balaban J connectivity index is 0.000000185. The molecule has 1 aliphatic heterocycles. The van der Waals surface area contributed by atoms with E-state index >= 15 is 0 Å². The van der Waals surface area contributed by atoms with E-state index in [1.807, 2.05) is 6.07 Å². The molecular formula is C26H41NO4. The normalized spacial score (nSPS) is 25.0. The van der Waals surface area contributed by atoms with Crippen molar-refractivity contribution in [2.45, 2.75) is 114 Å². The van der Waals surface area contributed by atoms with Crippen molar-refractivity contribution in [3.8, 4) is 0 Å². The fraction of sp³-hybridized carbons (Fsp3) is 0.731. The second-order valence-corrected chi connectivity index (χ2v) is 9.48. The first-order valence-electron chi connectivity index (χ1n) is 12.4. The first kappa shape index (κ1) is 24.2. The van der Waals surface area contributed by atoms with Crippen LogP contribution in [0, 0.1) is 0 Å². The summed E-state index contributed by atoms with van der Waals surface area (Å²) in [5.74, 6) is -0.666. The summed E-state index contributed by atoms with van der Waals surface area (Å²) in [6.07, 6.45) is 16.7. The zero-order chi connectivity index (χ0) is 21.9. The number of ether oxygens (including phenoxy) is 2. The predicted molar refractivity (Wildman–Crippen MR) is 123 cm³/mol. The molecule has 5 nitrogen and oxygen atoms in total. The first-order chi connectivity index (χ1) is 15.1. The highest BCUT2D eigenvalue weighted by Crippen LogP contribution is 2.25. The van der Waals surface area contributed by atoms with Gasteiger partial charge >= 0.3 is 5.97 Å². The van der Waals surface area contributed by atoms with Crippen LogP contribution in [0.3, 0.4) is 0 Å². The lowest BCUT2D eigenvalue weighted by Crippen LogP contribution is -2.40. The van der Waals surface area contributed by atoms with Crippen molar-refractivity contribution in [3.05, 3.63) is 35.9 Å². The van der Waals surface area contributed by atoms with Gasteiger partial charge in [0.25, 0.3) is 0 Å². The Bertz CT molecular complexity index is 614. The van der Waals surface area contributed by atoms with Crippen LogP contribution in [0.4, 0.5) is 0 Å². The van der Waals surface area contributed by atoms with Gasteiger partial charge < -0.3 is 19.9 Å². The molecule has 174 valence electrons. The van der Waals surface area contributed by atoms with Crippen LogP contribution in [0.5, 0.6) is 0 Å². The van der Waals surface area contributed by atoms with Crippen molar-refractivity contribution in [3.63, 3.8) is 0 Å². The summed E-state index contributed by atoms with van der Waals surface area (Å²) in [6, 6.07) is 10.5. The molecule has 0 spiro atoms. The van der Waals surface area contributed by atoms with Crippen LogP contribution in [-0.2, 0) is 19.9 Å². The topological polar surface area (TPSA) is 67.8 Å². The molecular weight excluding hydrogens is 390 g/mol. The molecule has 0 amide bonds.